The summed E-state index contributed by atoms with van der Waals surface area (Å²) in [6.07, 6.45) is 3.47. The molecule has 0 aliphatic heterocycles. The van der Waals surface area contributed by atoms with Crippen LogP contribution in [-0.4, -0.2) is 4.98 Å². The van der Waals surface area contributed by atoms with Crippen LogP contribution in [-0.2, 0) is 6.42 Å². The number of H-pyrrole nitrogens is 1. The van der Waals surface area contributed by atoms with Crippen LogP contribution in [0.25, 0.3) is 10.9 Å². The van der Waals surface area contributed by atoms with Gasteiger partial charge in [0, 0.05) is 22.6 Å². The molecular weight excluding hydrogens is 196 g/mol. The van der Waals surface area contributed by atoms with E-state index in [2.05, 4.69) is 31.0 Å². The molecule has 1 aromatic carbocycles. The van der Waals surface area contributed by atoms with Crippen molar-refractivity contribution in [3.63, 3.8) is 0 Å². The van der Waals surface area contributed by atoms with E-state index in [0.717, 1.165) is 12.8 Å². The van der Waals surface area contributed by atoms with Crippen LogP contribution in [0.15, 0.2) is 12.1 Å². The zero-order valence-electron chi connectivity index (χ0n) is 9.93. The van der Waals surface area contributed by atoms with Gasteiger partial charge in [-0.3, -0.25) is 0 Å². The number of benzene rings is 1. The number of fused-ring (bicyclic) bond motifs is 3. The molecule has 1 unspecified atom stereocenters. The smallest absolute Gasteiger partial charge is 0.0489 e. The van der Waals surface area contributed by atoms with Crippen molar-refractivity contribution in [1.82, 2.24) is 4.98 Å². The first-order chi connectivity index (χ1) is 7.66. The lowest BCUT2D eigenvalue weighted by Crippen LogP contribution is -2.16. The van der Waals surface area contributed by atoms with Crippen molar-refractivity contribution in [2.45, 2.75) is 39.2 Å². The number of hydrogen-bond donors (Lipinski definition) is 2. The lowest BCUT2D eigenvalue weighted by atomic mass is 9.91. The van der Waals surface area contributed by atoms with Gasteiger partial charge in [-0.25, -0.2) is 0 Å². The Hall–Kier alpha value is -1.28. The van der Waals surface area contributed by atoms with Crippen molar-refractivity contribution in [2.75, 3.05) is 0 Å². The van der Waals surface area contributed by atoms with Gasteiger partial charge in [0.15, 0.2) is 0 Å². The van der Waals surface area contributed by atoms with Crippen LogP contribution in [0, 0.1) is 13.8 Å². The summed E-state index contributed by atoms with van der Waals surface area (Å²) < 4.78 is 0. The van der Waals surface area contributed by atoms with Crippen molar-refractivity contribution in [3.8, 4) is 0 Å². The van der Waals surface area contributed by atoms with Crippen molar-refractivity contribution in [1.29, 1.82) is 0 Å². The molecule has 1 atom stereocenters. The minimum atomic E-state index is 0.221. The highest BCUT2D eigenvalue weighted by molar-refractivity contribution is 5.88. The van der Waals surface area contributed by atoms with E-state index in [0.29, 0.717) is 0 Å². The molecule has 3 N–H and O–H groups in total. The molecule has 0 spiro atoms. The van der Waals surface area contributed by atoms with Crippen LogP contribution in [0.3, 0.4) is 0 Å². The molecule has 0 bridgehead atoms. The first-order valence-electron chi connectivity index (χ1n) is 6.04. The van der Waals surface area contributed by atoms with Crippen LogP contribution >= 0.6 is 0 Å². The zero-order valence-corrected chi connectivity index (χ0v) is 9.93. The minimum Gasteiger partial charge on any atom is -0.358 e. The third kappa shape index (κ3) is 1.30. The maximum atomic E-state index is 6.24. The third-order valence-electron chi connectivity index (χ3n) is 3.68. The van der Waals surface area contributed by atoms with E-state index in [1.807, 2.05) is 0 Å². The van der Waals surface area contributed by atoms with Gasteiger partial charge in [0.25, 0.3) is 0 Å². The van der Waals surface area contributed by atoms with Gasteiger partial charge in [0.1, 0.15) is 0 Å². The number of hydrogen-bond acceptors (Lipinski definition) is 1. The number of aromatic amines is 1. The normalized spacial score (nSPS) is 20.1. The molecule has 84 valence electrons. The van der Waals surface area contributed by atoms with Gasteiger partial charge >= 0.3 is 0 Å². The summed E-state index contributed by atoms with van der Waals surface area (Å²) in [5, 5.41) is 1.35. The second-order valence-corrected chi connectivity index (χ2v) is 5.02. The Morgan fingerprint density at radius 1 is 1.31 bits per heavy atom. The summed E-state index contributed by atoms with van der Waals surface area (Å²) in [5.41, 5.74) is 12.9. The van der Waals surface area contributed by atoms with E-state index in [1.54, 1.807) is 0 Å². The van der Waals surface area contributed by atoms with E-state index >= 15 is 0 Å². The van der Waals surface area contributed by atoms with E-state index in [9.17, 15) is 0 Å². The van der Waals surface area contributed by atoms with Crippen molar-refractivity contribution in [2.24, 2.45) is 5.73 Å². The molecule has 3 rings (SSSR count). The van der Waals surface area contributed by atoms with Crippen LogP contribution in [0.2, 0.25) is 0 Å². The van der Waals surface area contributed by atoms with Crippen LogP contribution in [0.4, 0.5) is 0 Å². The molecule has 16 heavy (non-hydrogen) atoms. The largest absolute Gasteiger partial charge is 0.358 e. The average Bonchev–Trinajstić information content (AvgIpc) is 2.58. The van der Waals surface area contributed by atoms with Crippen molar-refractivity contribution >= 4 is 10.9 Å². The summed E-state index contributed by atoms with van der Waals surface area (Å²) in [6.45, 7) is 4.32. The summed E-state index contributed by atoms with van der Waals surface area (Å²) >= 11 is 0. The number of aryl methyl sites for hydroxylation is 3. The van der Waals surface area contributed by atoms with E-state index in [1.165, 1.54) is 39.7 Å². The van der Waals surface area contributed by atoms with Gasteiger partial charge in [0.2, 0.25) is 0 Å². The second-order valence-electron chi connectivity index (χ2n) is 5.02. The molecule has 0 amide bonds. The Bertz CT molecular complexity index is 551. The molecule has 1 aromatic heterocycles. The number of rotatable bonds is 0. The molecule has 1 heterocycles. The summed E-state index contributed by atoms with van der Waals surface area (Å²) in [4.78, 5) is 3.56. The summed E-state index contributed by atoms with van der Waals surface area (Å²) in [5.74, 6) is 0. The van der Waals surface area contributed by atoms with Crippen molar-refractivity contribution < 1.29 is 0 Å². The predicted molar refractivity (Wildman–Crippen MR) is 67.6 cm³/mol. The van der Waals surface area contributed by atoms with E-state index in [4.69, 9.17) is 5.73 Å². The molecule has 2 aromatic rings. The van der Waals surface area contributed by atoms with Crippen LogP contribution in [0.5, 0.6) is 0 Å². The van der Waals surface area contributed by atoms with E-state index in [-0.39, 0.29) is 6.04 Å². The summed E-state index contributed by atoms with van der Waals surface area (Å²) in [7, 11) is 0. The Balaban J connectivity index is 2.38. The maximum Gasteiger partial charge on any atom is 0.0489 e. The van der Waals surface area contributed by atoms with Crippen LogP contribution < -0.4 is 5.73 Å². The quantitative estimate of drug-likeness (QED) is 0.695. The Labute approximate surface area is 95.8 Å². The molecule has 0 saturated carbocycles. The Morgan fingerprint density at radius 2 is 2.12 bits per heavy atom. The van der Waals surface area contributed by atoms with Crippen LogP contribution in [0.1, 0.15) is 41.3 Å². The highest BCUT2D eigenvalue weighted by atomic mass is 14.8. The molecule has 0 saturated heterocycles. The molecule has 2 nitrogen and oxygen atoms in total. The topological polar surface area (TPSA) is 41.8 Å². The van der Waals surface area contributed by atoms with Gasteiger partial charge in [0.05, 0.1) is 0 Å². The SMILES string of the molecule is Cc1cc(C)c2[nH]c3c(c2c1)C(N)CCC3. The zero-order chi connectivity index (χ0) is 11.3. The molecule has 1 aliphatic carbocycles. The number of aromatic nitrogens is 1. The standard InChI is InChI=1S/C14H18N2/c1-8-6-9(2)14-10(7-8)13-11(15)4-3-5-12(13)16-14/h6-7,11,16H,3-5,15H2,1-2H3. The number of nitrogens with one attached hydrogen (secondary N) is 1. The Morgan fingerprint density at radius 3 is 2.94 bits per heavy atom. The highest BCUT2D eigenvalue weighted by Crippen LogP contribution is 2.35. The van der Waals surface area contributed by atoms with E-state index < -0.39 is 0 Å². The molecule has 0 fully saturated rings. The minimum absolute atomic E-state index is 0.221. The fourth-order valence-electron chi connectivity index (χ4n) is 2.99. The molecule has 2 heteroatoms. The van der Waals surface area contributed by atoms with Gasteiger partial charge in [-0.2, -0.15) is 0 Å². The van der Waals surface area contributed by atoms with Crippen molar-refractivity contribution in [3.05, 3.63) is 34.5 Å². The Kier molecular flexibility index (Phi) is 2.08. The second kappa shape index (κ2) is 3.36. The predicted octanol–water partition coefficient (Wildman–Crippen LogP) is 3.12. The first kappa shape index (κ1) is 9.91. The monoisotopic (exact) mass is 214 g/mol. The van der Waals surface area contributed by atoms with Gasteiger partial charge in [-0.15, -0.1) is 0 Å². The third-order valence-corrected chi connectivity index (χ3v) is 3.68. The van der Waals surface area contributed by atoms with Gasteiger partial charge < -0.3 is 10.7 Å². The first-order valence-corrected chi connectivity index (χ1v) is 6.04. The molecular formula is C14H18N2. The fraction of sp³-hybridized carbons (Fsp3) is 0.429. The van der Waals surface area contributed by atoms with Gasteiger partial charge in [-0.1, -0.05) is 11.6 Å². The number of nitrogens with two attached hydrogens (primary N) is 1. The molecule has 1 aliphatic rings. The highest BCUT2D eigenvalue weighted by Gasteiger charge is 2.22. The summed E-state index contributed by atoms with van der Waals surface area (Å²) in [6, 6.07) is 4.72. The lowest BCUT2D eigenvalue weighted by molar-refractivity contribution is 0.569. The lowest BCUT2D eigenvalue weighted by Gasteiger charge is -2.18. The van der Waals surface area contributed by atoms with Gasteiger partial charge in [-0.05, 0) is 50.3 Å². The molecule has 0 radical (unpaired) electrons. The maximum absolute atomic E-state index is 6.24. The fourth-order valence-corrected chi connectivity index (χ4v) is 2.99. The average molecular weight is 214 g/mol.